The number of esters is 1. The summed E-state index contributed by atoms with van der Waals surface area (Å²) in [5.74, 6) is -0.135. The van der Waals surface area contributed by atoms with Crippen molar-refractivity contribution in [1.82, 2.24) is 10.6 Å². The molecular weight excluding hydrogens is 420 g/mol. The Morgan fingerprint density at radius 2 is 1.21 bits per heavy atom. The maximum Gasteiger partial charge on any atom is 0.314 e. The van der Waals surface area contributed by atoms with Crippen molar-refractivity contribution in [1.29, 1.82) is 0 Å². The zero-order chi connectivity index (χ0) is 24.2. The van der Waals surface area contributed by atoms with Crippen LogP contribution in [-0.4, -0.2) is 58.1 Å². The highest BCUT2D eigenvalue weighted by Crippen LogP contribution is 2.07. The zero-order valence-corrected chi connectivity index (χ0v) is 21.3. The monoisotopic (exact) mass is 470 g/mol. The Morgan fingerprint density at radius 1 is 0.636 bits per heavy atom. The lowest BCUT2D eigenvalue weighted by Crippen LogP contribution is -2.36. The van der Waals surface area contributed by atoms with Gasteiger partial charge in [-0.2, -0.15) is 0 Å². The van der Waals surface area contributed by atoms with Gasteiger partial charge in [-0.3, -0.25) is 4.79 Å². The number of nitrogens with one attached hydrogen (secondary N) is 2. The van der Waals surface area contributed by atoms with Crippen molar-refractivity contribution < 1.29 is 23.8 Å². The molecule has 0 aliphatic rings. The maximum atomic E-state index is 11.7. The normalized spacial score (nSPS) is 11.1. The van der Waals surface area contributed by atoms with Gasteiger partial charge in [0.05, 0.1) is 19.8 Å². The molecule has 0 aromatic rings. The second kappa shape index (κ2) is 26.7. The zero-order valence-electron chi connectivity index (χ0n) is 21.3. The molecule has 2 amide bonds. The molecule has 0 radical (unpaired) electrons. The molecule has 0 fully saturated rings. The first-order valence-electron chi connectivity index (χ1n) is 13.2. The van der Waals surface area contributed by atoms with Crippen molar-refractivity contribution >= 4 is 12.0 Å². The lowest BCUT2D eigenvalue weighted by molar-refractivity contribution is -0.145. The molecule has 0 aromatic carbocycles. The number of carbonyl (C=O) groups excluding carboxylic acids is 2. The van der Waals surface area contributed by atoms with Crippen LogP contribution in [0.2, 0.25) is 0 Å². The molecular formula is C26H50N2O5. The fraction of sp³-hybridized carbons (Fsp3) is 0.846. The molecule has 7 heteroatoms. The molecule has 0 rings (SSSR count). The van der Waals surface area contributed by atoms with Gasteiger partial charge in [0.1, 0.15) is 6.61 Å². The van der Waals surface area contributed by atoms with Gasteiger partial charge in [-0.1, -0.05) is 51.7 Å². The van der Waals surface area contributed by atoms with Crippen LogP contribution in [0.1, 0.15) is 97.3 Å². The minimum absolute atomic E-state index is 0.0485. The number of hydrogen-bond acceptors (Lipinski definition) is 5. The van der Waals surface area contributed by atoms with E-state index in [2.05, 4.69) is 36.6 Å². The third-order valence-electron chi connectivity index (χ3n) is 5.03. The number of unbranched alkanes of at least 4 members (excludes halogenated alkanes) is 8. The van der Waals surface area contributed by atoms with E-state index in [0.29, 0.717) is 32.8 Å². The Kier molecular flexibility index (Phi) is 25.4. The average Bonchev–Trinajstić information content (AvgIpc) is 2.81. The number of allylic oxidation sites excluding steroid dienone is 2. The number of carbonyl (C=O) groups is 2. The van der Waals surface area contributed by atoms with E-state index in [0.717, 1.165) is 90.3 Å². The van der Waals surface area contributed by atoms with Crippen LogP contribution in [0.5, 0.6) is 0 Å². The van der Waals surface area contributed by atoms with E-state index in [1.54, 1.807) is 0 Å². The van der Waals surface area contributed by atoms with Crippen molar-refractivity contribution in [2.24, 2.45) is 0 Å². The van der Waals surface area contributed by atoms with Gasteiger partial charge in [0.25, 0.3) is 0 Å². The van der Waals surface area contributed by atoms with E-state index in [1.807, 2.05) is 0 Å². The third kappa shape index (κ3) is 26.5. The van der Waals surface area contributed by atoms with E-state index in [4.69, 9.17) is 14.2 Å². The van der Waals surface area contributed by atoms with Crippen molar-refractivity contribution in [3.63, 3.8) is 0 Å². The quantitative estimate of drug-likeness (QED) is 0.110. The number of amides is 2. The Labute approximate surface area is 202 Å². The molecule has 0 unspecified atom stereocenters. The van der Waals surface area contributed by atoms with E-state index >= 15 is 0 Å². The molecule has 0 saturated heterocycles. The maximum absolute atomic E-state index is 11.7. The summed E-state index contributed by atoms with van der Waals surface area (Å²) in [6, 6.07) is -0.0485. The fourth-order valence-corrected chi connectivity index (χ4v) is 3.10. The predicted octanol–water partition coefficient (Wildman–Crippen LogP) is 5.53. The van der Waals surface area contributed by atoms with Gasteiger partial charge >= 0.3 is 12.0 Å². The van der Waals surface area contributed by atoms with Crippen LogP contribution >= 0.6 is 0 Å². The molecule has 33 heavy (non-hydrogen) atoms. The van der Waals surface area contributed by atoms with Gasteiger partial charge in [0.15, 0.2) is 0 Å². The minimum atomic E-state index is -0.135. The second-order valence-corrected chi connectivity index (χ2v) is 8.26. The number of hydrogen-bond donors (Lipinski definition) is 2. The van der Waals surface area contributed by atoms with Crippen LogP contribution in [-0.2, 0) is 19.0 Å². The first-order valence-corrected chi connectivity index (χ1v) is 13.2. The highest BCUT2D eigenvalue weighted by atomic mass is 16.6. The Balaban J connectivity index is 3.28. The lowest BCUT2D eigenvalue weighted by atomic mass is 10.1. The smallest absolute Gasteiger partial charge is 0.314 e. The molecule has 0 aromatic heterocycles. The molecule has 0 spiro atoms. The standard InChI is InChI=1S/C26H50N2O5/c1-3-5-15-18-27-26(30)28-19-16-13-11-9-7-6-8-10-12-14-17-25(29)33-24-23-32-22-21-31-20-4-2/h7,9H,3-6,8,10-24H2,1-2H3,(H2,27,28,30)/b9-7-. The summed E-state index contributed by atoms with van der Waals surface area (Å²) >= 11 is 0. The summed E-state index contributed by atoms with van der Waals surface area (Å²) in [4.78, 5) is 23.2. The van der Waals surface area contributed by atoms with Crippen LogP contribution < -0.4 is 10.6 Å². The summed E-state index contributed by atoms with van der Waals surface area (Å²) in [6.07, 6.45) is 17.8. The summed E-state index contributed by atoms with van der Waals surface area (Å²) < 4.78 is 15.8. The summed E-state index contributed by atoms with van der Waals surface area (Å²) in [7, 11) is 0. The Morgan fingerprint density at radius 3 is 1.88 bits per heavy atom. The molecule has 2 N–H and O–H groups in total. The van der Waals surface area contributed by atoms with Crippen LogP contribution in [0.15, 0.2) is 12.2 Å². The van der Waals surface area contributed by atoms with E-state index < -0.39 is 0 Å². The van der Waals surface area contributed by atoms with Crippen molar-refractivity contribution in [2.45, 2.75) is 97.3 Å². The molecule has 0 aliphatic carbocycles. The van der Waals surface area contributed by atoms with Gasteiger partial charge in [-0.15, -0.1) is 0 Å². The molecule has 0 bridgehead atoms. The highest BCUT2D eigenvalue weighted by Gasteiger charge is 2.02. The van der Waals surface area contributed by atoms with E-state index in [9.17, 15) is 9.59 Å². The SMILES string of the molecule is CCCCCNC(=O)NCCCC/C=C\CCCCCCC(=O)OCCOCCOCCC. The topological polar surface area (TPSA) is 85.9 Å². The van der Waals surface area contributed by atoms with Gasteiger partial charge in [-0.25, -0.2) is 4.79 Å². The van der Waals surface area contributed by atoms with E-state index in [-0.39, 0.29) is 12.0 Å². The van der Waals surface area contributed by atoms with Crippen LogP contribution in [0.4, 0.5) is 4.79 Å². The van der Waals surface area contributed by atoms with Gasteiger partial charge in [0, 0.05) is 26.1 Å². The molecule has 7 nitrogen and oxygen atoms in total. The molecule has 0 heterocycles. The summed E-state index contributed by atoms with van der Waals surface area (Å²) in [5.41, 5.74) is 0. The summed E-state index contributed by atoms with van der Waals surface area (Å²) in [5, 5.41) is 5.79. The van der Waals surface area contributed by atoms with Crippen LogP contribution in [0.3, 0.4) is 0 Å². The Hall–Kier alpha value is -1.60. The van der Waals surface area contributed by atoms with Gasteiger partial charge in [-0.05, 0) is 51.4 Å². The molecule has 194 valence electrons. The predicted molar refractivity (Wildman–Crippen MR) is 135 cm³/mol. The van der Waals surface area contributed by atoms with Crippen LogP contribution in [0.25, 0.3) is 0 Å². The fourth-order valence-electron chi connectivity index (χ4n) is 3.10. The second-order valence-electron chi connectivity index (χ2n) is 8.26. The third-order valence-corrected chi connectivity index (χ3v) is 5.03. The largest absolute Gasteiger partial charge is 0.463 e. The van der Waals surface area contributed by atoms with Crippen LogP contribution in [0, 0.1) is 0 Å². The lowest BCUT2D eigenvalue weighted by Gasteiger charge is -2.06. The number of urea groups is 1. The van der Waals surface area contributed by atoms with E-state index in [1.165, 1.54) is 6.42 Å². The first-order chi connectivity index (χ1) is 16.2. The molecule has 0 atom stereocenters. The minimum Gasteiger partial charge on any atom is -0.463 e. The summed E-state index contributed by atoms with van der Waals surface area (Å²) in [6.45, 7) is 8.36. The van der Waals surface area contributed by atoms with Gasteiger partial charge < -0.3 is 24.8 Å². The van der Waals surface area contributed by atoms with Crippen molar-refractivity contribution in [3.05, 3.63) is 12.2 Å². The average molecular weight is 471 g/mol. The Bertz CT molecular complexity index is 472. The highest BCUT2D eigenvalue weighted by molar-refractivity contribution is 5.73. The number of ether oxygens (including phenoxy) is 3. The van der Waals surface area contributed by atoms with Crippen molar-refractivity contribution in [2.75, 3.05) is 46.1 Å². The van der Waals surface area contributed by atoms with Crippen molar-refractivity contribution in [3.8, 4) is 0 Å². The van der Waals surface area contributed by atoms with Gasteiger partial charge in [0.2, 0.25) is 0 Å². The number of rotatable bonds is 24. The molecule has 0 saturated carbocycles. The first kappa shape index (κ1) is 31.4. The molecule has 0 aliphatic heterocycles.